The van der Waals surface area contributed by atoms with Crippen molar-refractivity contribution in [3.63, 3.8) is 0 Å². The summed E-state index contributed by atoms with van der Waals surface area (Å²) in [6.07, 6.45) is 13.0. The average molecular weight is 191 g/mol. The zero-order valence-corrected chi connectivity index (χ0v) is 9.08. The second-order valence-electron chi connectivity index (χ2n) is 4.08. The molecule has 1 rings (SSSR count). The molecule has 0 bridgehead atoms. The molecule has 0 heterocycles. The molecule has 0 saturated heterocycles. The van der Waals surface area contributed by atoms with Gasteiger partial charge in [0, 0.05) is 6.04 Å². The summed E-state index contributed by atoms with van der Waals surface area (Å²) >= 11 is 0. The third kappa shape index (κ3) is 3.51. The highest BCUT2D eigenvalue weighted by Gasteiger charge is 2.26. The molecule has 1 aliphatic rings. The highest BCUT2D eigenvalue weighted by molar-refractivity contribution is 5.18. The number of nitrogens with two attached hydrogens (primary N) is 1. The van der Waals surface area contributed by atoms with Gasteiger partial charge in [0.1, 0.15) is 0 Å². The molecule has 78 valence electrons. The average Bonchev–Trinajstić information content (AvgIpc) is 2.16. The first-order chi connectivity index (χ1) is 6.74. The normalized spacial score (nSPS) is 27.0. The lowest BCUT2D eigenvalue weighted by Gasteiger charge is -2.33. The summed E-state index contributed by atoms with van der Waals surface area (Å²) in [5.41, 5.74) is 7.08. The van der Waals surface area contributed by atoms with E-state index in [4.69, 9.17) is 5.73 Å². The Balaban J connectivity index is 2.14. The summed E-state index contributed by atoms with van der Waals surface area (Å²) in [6, 6.07) is 0.460. The summed E-state index contributed by atoms with van der Waals surface area (Å²) in [4.78, 5) is 0. The number of allylic oxidation sites excluding steroid dienone is 5. The largest absolute Gasteiger partial charge is 0.327 e. The van der Waals surface area contributed by atoms with Crippen LogP contribution in [0.2, 0.25) is 0 Å². The molecule has 0 aliphatic heterocycles. The fraction of sp³-hybridized carbons (Fsp3) is 0.538. The molecule has 1 aliphatic carbocycles. The van der Waals surface area contributed by atoms with E-state index in [-0.39, 0.29) is 0 Å². The molecule has 0 aromatic heterocycles. The Kier molecular flexibility index (Phi) is 4.68. The zero-order chi connectivity index (χ0) is 10.4. The van der Waals surface area contributed by atoms with Crippen molar-refractivity contribution in [3.05, 3.63) is 36.5 Å². The Morgan fingerprint density at radius 1 is 1.43 bits per heavy atom. The van der Waals surface area contributed by atoms with Crippen LogP contribution in [0, 0.1) is 5.92 Å². The Labute approximate surface area is 87.4 Å². The van der Waals surface area contributed by atoms with Crippen LogP contribution in [0.4, 0.5) is 0 Å². The molecule has 2 unspecified atom stereocenters. The first-order valence-electron chi connectivity index (χ1n) is 5.46. The van der Waals surface area contributed by atoms with Gasteiger partial charge in [-0.2, -0.15) is 0 Å². The van der Waals surface area contributed by atoms with E-state index in [1.165, 1.54) is 24.8 Å². The minimum Gasteiger partial charge on any atom is -0.327 e. The van der Waals surface area contributed by atoms with E-state index in [0.717, 1.165) is 12.3 Å². The lowest BCUT2D eigenvalue weighted by molar-refractivity contribution is 0.242. The third-order valence-corrected chi connectivity index (χ3v) is 2.95. The Bertz CT molecular complexity index is 238. The second kappa shape index (κ2) is 5.82. The van der Waals surface area contributed by atoms with Gasteiger partial charge in [-0.25, -0.2) is 0 Å². The van der Waals surface area contributed by atoms with Crippen LogP contribution in [0.1, 0.15) is 32.6 Å². The zero-order valence-electron chi connectivity index (χ0n) is 9.08. The SMILES string of the molecule is C=C(/C=C\C=C/C)CCC1CCC1N. The Morgan fingerprint density at radius 2 is 2.21 bits per heavy atom. The van der Waals surface area contributed by atoms with Crippen molar-refractivity contribution in [2.45, 2.75) is 38.6 Å². The van der Waals surface area contributed by atoms with Crippen LogP contribution in [0.25, 0.3) is 0 Å². The van der Waals surface area contributed by atoms with Crippen LogP contribution in [-0.2, 0) is 0 Å². The maximum absolute atomic E-state index is 5.87. The first-order valence-corrected chi connectivity index (χ1v) is 5.46. The fourth-order valence-corrected chi connectivity index (χ4v) is 1.71. The van der Waals surface area contributed by atoms with E-state index in [1.807, 2.05) is 25.2 Å². The van der Waals surface area contributed by atoms with Gasteiger partial charge in [0.15, 0.2) is 0 Å². The van der Waals surface area contributed by atoms with Crippen LogP contribution >= 0.6 is 0 Å². The van der Waals surface area contributed by atoms with Crippen LogP contribution in [0.15, 0.2) is 36.5 Å². The molecule has 0 aromatic carbocycles. The first kappa shape index (κ1) is 11.3. The van der Waals surface area contributed by atoms with E-state index >= 15 is 0 Å². The van der Waals surface area contributed by atoms with E-state index < -0.39 is 0 Å². The second-order valence-corrected chi connectivity index (χ2v) is 4.08. The van der Waals surface area contributed by atoms with Crippen LogP contribution < -0.4 is 5.73 Å². The molecule has 1 nitrogen and oxygen atoms in total. The van der Waals surface area contributed by atoms with Gasteiger partial charge in [-0.1, -0.05) is 36.5 Å². The molecule has 2 N–H and O–H groups in total. The third-order valence-electron chi connectivity index (χ3n) is 2.95. The lowest BCUT2D eigenvalue weighted by Crippen LogP contribution is -2.39. The molecule has 14 heavy (non-hydrogen) atoms. The van der Waals surface area contributed by atoms with Gasteiger partial charge in [0.25, 0.3) is 0 Å². The van der Waals surface area contributed by atoms with Crippen LogP contribution in [0.3, 0.4) is 0 Å². The van der Waals surface area contributed by atoms with Crippen molar-refractivity contribution in [1.82, 2.24) is 0 Å². The van der Waals surface area contributed by atoms with Crippen molar-refractivity contribution in [2.75, 3.05) is 0 Å². The predicted octanol–water partition coefficient (Wildman–Crippen LogP) is 3.19. The van der Waals surface area contributed by atoms with Crippen LogP contribution in [0.5, 0.6) is 0 Å². The molecule has 1 saturated carbocycles. The summed E-state index contributed by atoms with van der Waals surface area (Å²) in [7, 11) is 0. The number of hydrogen-bond donors (Lipinski definition) is 1. The number of rotatable bonds is 5. The van der Waals surface area contributed by atoms with E-state index in [2.05, 4.69) is 12.7 Å². The van der Waals surface area contributed by atoms with Gasteiger partial charge in [0.05, 0.1) is 0 Å². The van der Waals surface area contributed by atoms with Gasteiger partial charge >= 0.3 is 0 Å². The fourth-order valence-electron chi connectivity index (χ4n) is 1.71. The maximum atomic E-state index is 5.87. The maximum Gasteiger partial charge on any atom is 0.00673 e. The van der Waals surface area contributed by atoms with Crippen LogP contribution in [-0.4, -0.2) is 6.04 Å². The molecule has 2 atom stereocenters. The highest BCUT2D eigenvalue weighted by Crippen LogP contribution is 2.30. The van der Waals surface area contributed by atoms with Crippen molar-refractivity contribution < 1.29 is 0 Å². The molecular weight excluding hydrogens is 170 g/mol. The molecule has 0 amide bonds. The monoisotopic (exact) mass is 191 g/mol. The van der Waals surface area contributed by atoms with Gasteiger partial charge < -0.3 is 5.73 Å². The highest BCUT2D eigenvalue weighted by atomic mass is 14.7. The van der Waals surface area contributed by atoms with Crippen molar-refractivity contribution in [3.8, 4) is 0 Å². The smallest absolute Gasteiger partial charge is 0.00673 e. The Hall–Kier alpha value is -0.820. The van der Waals surface area contributed by atoms with Crippen molar-refractivity contribution >= 4 is 0 Å². The summed E-state index contributed by atoms with van der Waals surface area (Å²) in [5, 5.41) is 0. The standard InChI is InChI=1S/C13H21N/c1-3-4-5-6-11(2)7-8-12-9-10-13(12)14/h3-6,12-13H,2,7-10,14H2,1H3/b4-3-,6-5-. The van der Waals surface area contributed by atoms with Crippen molar-refractivity contribution in [2.24, 2.45) is 11.7 Å². The minimum atomic E-state index is 0.460. The molecule has 0 radical (unpaired) electrons. The Morgan fingerprint density at radius 3 is 2.71 bits per heavy atom. The van der Waals surface area contributed by atoms with E-state index in [0.29, 0.717) is 6.04 Å². The van der Waals surface area contributed by atoms with Gasteiger partial charge in [-0.05, 0) is 38.5 Å². The lowest BCUT2D eigenvalue weighted by atomic mass is 9.77. The predicted molar refractivity (Wildman–Crippen MR) is 63.0 cm³/mol. The molecular formula is C13H21N. The topological polar surface area (TPSA) is 26.0 Å². The summed E-state index contributed by atoms with van der Waals surface area (Å²) in [6.45, 7) is 6.03. The van der Waals surface area contributed by atoms with E-state index in [1.54, 1.807) is 0 Å². The summed E-state index contributed by atoms with van der Waals surface area (Å²) in [5.74, 6) is 0.752. The molecule has 1 fully saturated rings. The molecule has 1 heteroatoms. The quantitative estimate of drug-likeness (QED) is 0.663. The van der Waals surface area contributed by atoms with Gasteiger partial charge in [0.2, 0.25) is 0 Å². The van der Waals surface area contributed by atoms with Gasteiger partial charge in [-0.15, -0.1) is 0 Å². The van der Waals surface area contributed by atoms with Crippen molar-refractivity contribution in [1.29, 1.82) is 0 Å². The van der Waals surface area contributed by atoms with E-state index in [9.17, 15) is 0 Å². The minimum absolute atomic E-state index is 0.460. The summed E-state index contributed by atoms with van der Waals surface area (Å²) < 4.78 is 0. The number of hydrogen-bond acceptors (Lipinski definition) is 1. The molecule has 0 spiro atoms. The van der Waals surface area contributed by atoms with Gasteiger partial charge in [-0.3, -0.25) is 0 Å². The molecule has 0 aromatic rings.